The molecule has 1 aromatic carbocycles. The van der Waals surface area contributed by atoms with Crippen LogP contribution in [0.3, 0.4) is 0 Å². The van der Waals surface area contributed by atoms with E-state index in [0.717, 1.165) is 17.9 Å². The number of hydrogen-bond donors (Lipinski definition) is 1. The normalized spacial score (nSPS) is 25.8. The average molecular weight is 217 g/mol. The molecule has 1 nitrogen and oxygen atoms in total. The maximum absolute atomic E-state index is 3.73. The summed E-state index contributed by atoms with van der Waals surface area (Å²) >= 11 is 0. The molecule has 0 heterocycles. The standard InChI is InChI=1S/C15H23N/c1-11(2)9-12(3)16-15-10-14(15)13-7-5-4-6-8-13/h4-8,11-12,14-16H,9-10H2,1-3H3. The molecular weight excluding hydrogens is 194 g/mol. The minimum absolute atomic E-state index is 0.652. The lowest BCUT2D eigenvalue weighted by Crippen LogP contribution is -2.30. The van der Waals surface area contributed by atoms with Gasteiger partial charge in [0.05, 0.1) is 0 Å². The predicted octanol–water partition coefficient (Wildman–Crippen LogP) is 3.57. The summed E-state index contributed by atoms with van der Waals surface area (Å²) in [5.74, 6) is 1.55. The first-order valence-electron chi connectivity index (χ1n) is 6.48. The highest BCUT2D eigenvalue weighted by molar-refractivity contribution is 5.27. The monoisotopic (exact) mass is 217 g/mol. The first kappa shape index (κ1) is 11.7. The van der Waals surface area contributed by atoms with Gasteiger partial charge in [0.1, 0.15) is 0 Å². The van der Waals surface area contributed by atoms with Crippen LogP contribution in [0.4, 0.5) is 0 Å². The van der Waals surface area contributed by atoms with Crippen molar-refractivity contribution in [3.63, 3.8) is 0 Å². The highest BCUT2D eigenvalue weighted by Crippen LogP contribution is 2.41. The fourth-order valence-corrected chi connectivity index (χ4v) is 2.59. The molecule has 1 aliphatic carbocycles. The Morgan fingerprint density at radius 3 is 2.50 bits per heavy atom. The average Bonchev–Trinajstić information content (AvgIpc) is 2.97. The van der Waals surface area contributed by atoms with Gasteiger partial charge in [0.2, 0.25) is 0 Å². The van der Waals surface area contributed by atoms with E-state index in [1.54, 1.807) is 0 Å². The van der Waals surface area contributed by atoms with Crippen molar-refractivity contribution in [2.24, 2.45) is 5.92 Å². The third-order valence-electron chi connectivity index (χ3n) is 3.34. The molecule has 0 saturated heterocycles. The van der Waals surface area contributed by atoms with Crippen LogP contribution in [0.5, 0.6) is 0 Å². The fourth-order valence-electron chi connectivity index (χ4n) is 2.59. The summed E-state index contributed by atoms with van der Waals surface area (Å²) in [5.41, 5.74) is 1.50. The molecule has 0 amide bonds. The van der Waals surface area contributed by atoms with Crippen molar-refractivity contribution in [3.05, 3.63) is 35.9 Å². The molecule has 3 atom stereocenters. The zero-order valence-electron chi connectivity index (χ0n) is 10.6. The minimum Gasteiger partial charge on any atom is -0.311 e. The van der Waals surface area contributed by atoms with E-state index in [1.165, 1.54) is 18.4 Å². The van der Waals surface area contributed by atoms with Crippen molar-refractivity contribution >= 4 is 0 Å². The van der Waals surface area contributed by atoms with Gasteiger partial charge in [0.15, 0.2) is 0 Å². The van der Waals surface area contributed by atoms with Gasteiger partial charge in [-0.3, -0.25) is 0 Å². The highest BCUT2D eigenvalue weighted by atomic mass is 15.0. The third kappa shape index (κ3) is 3.08. The lowest BCUT2D eigenvalue weighted by atomic mass is 10.1. The molecule has 0 aromatic heterocycles. The SMILES string of the molecule is CC(C)CC(C)NC1CC1c1ccccc1. The van der Waals surface area contributed by atoms with E-state index in [2.05, 4.69) is 56.4 Å². The summed E-state index contributed by atoms with van der Waals surface area (Å²) in [5, 5.41) is 3.73. The summed E-state index contributed by atoms with van der Waals surface area (Å²) in [6.45, 7) is 6.89. The van der Waals surface area contributed by atoms with Gasteiger partial charge in [-0.2, -0.15) is 0 Å². The molecular formula is C15H23N. The van der Waals surface area contributed by atoms with Crippen molar-refractivity contribution in [2.75, 3.05) is 0 Å². The van der Waals surface area contributed by atoms with Crippen molar-refractivity contribution in [2.45, 2.75) is 51.6 Å². The van der Waals surface area contributed by atoms with Crippen LogP contribution in [-0.2, 0) is 0 Å². The second-order valence-corrected chi connectivity index (χ2v) is 5.56. The minimum atomic E-state index is 0.652. The Kier molecular flexibility index (Phi) is 3.65. The fraction of sp³-hybridized carbons (Fsp3) is 0.600. The first-order valence-corrected chi connectivity index (χ1v) is 6.48. The van der Waals surface area contributed by atoms with E-state index in [9.17, 15) is 0 Å². The molecule has 0 spiro atoms. The Balaban J connectivity index is 1.79. The Morgan fingerprint density at radius 2 is 1.88 bits per heavy atom. The van der Waals surface area contributed by atoms with E-state index in [4.69, 9.17) is 0 Å². The predicted molar refractivity (Wildman–Crippen MR) is 69.6 cm³/mol. The zero-order valence-corrected chi connectivity index (χ0v) is 10.6. The van der Waals surface area contributed by atoms with Crippen LogP contribution in [0.1, 0.15) is 45.1 Å². The van der Waals surface area contributed by atoms with Gasteiger partial charge < -0.3 is 5.32 Å². The van der Waals surface area contributed by atoms with Crippen molar-refractivity contribution < 1.29 is 0 Å². The van der Waals surface area contributed by atoms with Crippen molar-refractivity contribution in [3.8, 4) is 0 Å². The molecule has 0 aliphatic heterocycles. The van der Waals surface area contributed by atoms with E-state index < -0.39 is 0 Å². The Labute approximate surface area is 99.3 Å². The smallest absolute Gasteiger partial charge is 0.0145 e. The topological polar surface area (TPSA) is 12.0 Å². The van der Waals surface area contributed by atoms with Gasteiger partial charge in [-0.05, 0) is 31.2 Å². The summed E-state index contributed by atoms with van der Waals surface area (Å²) in [7, 11) is 0. The summed E-state index contributed by atoms with van der Waals surface area (Å²) < 4.78 is 0. The lowest BCUT2D eigenvalue weighted by Gasteiger charge is -2.15. The maximum Gasteiger partial charge on any atom is 0.0145 e. The van der Waals surface area contributed by atoms with Gasteiger partial charge in [-0.25, -0.2) is 0 Å². The molecule has 1 aliphatic rings. The molecule has 1 aromatic rings. The summed E-state index contributed by atoms with van der Waals surface area (Å²) in [4.78, 5) is 0. The first-order chi connectivity index (χ1) is 7.66. The molecule has 1 saturated carbocycles. The van der Waals surface area contributed by atoms with Crippen molar-refractivity contribution in [1.29, 1.82) is 0 Å². The molecule has 88 valence electrons. The number of nitrogens with one attached hydrogen (secondary N) is 1. The van der Waals surface area contributed by atoms with Crippen LogP contribution in [-0.4, -0.2) is 12.1 Å². The molecule has 1 heteroatoms. The van der Waals surface area contributed by atoms with Gasteiger partial charge >= 0.3 is 0 Å². The molecule has 0 bridgehead atoms. The van der Waals surface area contributed by atoms with E-state index >= 15 is 0 Å². The van der Waals surface area contributed by atoms with Gasteiger partial charge in [-0.1, -0.05) is 44.2 Å². The van der Waals surface area contributed by atoms with Gasteiger partial charge in [-0.15, -0.1) is 0 Å². The van der Waals surface area contributed by atoms with E-state index in [-0.39, 0.29) is 0 Å². The Hall–Kier alpha value is -0.820. The zero-order chi connectivity index (χ0) is 11.5. The molecule has 0 radical (unpaired) electrons. The molecule has 1 N–H and O–H groups in total. The van der Waals surface area contributed by atoms with Crippen LogP contribution < -0.4 is 5.32 Å². The number of benzene rings is 1. The maximum atomic E-state index is 3.73. The van der Waals surface area contributed by atoms with Crippen LogP contribution in [0.25, 0.3) is 0 Å². The second kappa shape index (κ2) is 5.01. The molecule has 16 heavy (non-hydrogen) atoms. The summed E-state index contributed by atoms with van der Waals surface area (Å²) in [6.07, 6.45) is 2.59. The van der Waals surface area contributed by atoms with E-state index in [1.807, 2.05) is 0 Å². The Bertz CT molecular complexity index is 317. The molecule has 3 unspecified atom stereocenters. The second-order valence-electron chi connectivity index (χ2n) is 5.56. The van der Waals surface area contributed by atoms with Crippen LogP contribution >= 0.6 is 0 Å². The number of hydrogen-bond acceptors (Lipinski definition) is 1. The van der Waals surface area contributed by atoms with Gasteiger partial charge in [0, 0.05) is 18.0 Å². The lowest BCUT2D eigenvalue weighted by molar-refractivity contribution is 0.437. The van der Waals surface area contributed by atoms with E-state index in [0.29, 0.717) is 6.04 Å². The number of rotatable bonds is 5. The van der Waals surface area contributed by atoms with Gasteiger partial charge in [0.25, 0.3) is 0 Å². The highest BCUT2D eigenvalue weighted by Gasteiger charge is 2.38. The van der Waals surface area contributed by atoms with Crippen molar-refractivity contribution in [1.82, 2.24) is 5.32 Å². The summed E-state index contributed by atoms with van der Waals surface area (Å²) in [6, 6.07) is 12.2. The Morgan fingerprint density at radius 1 is 1.19 bits per heavy atom. The van der Waals surface area contributed by atoms with Crippen LogP contribution in [0.15, 0.2) is 30.3 Å². The molecule has 2 rings (SSSR count). The largest absolute Gasteiger partial charge is 0.311 e. The molecule has 1 fully saturated rings. The van der Waals surface area contributed by atoms with Crippen LogP contribution in [0.2, 0.25) is 0 Å². The van der Waals surface area contributed by atoms with Crippen LogP contribution in [0, 0.1) is 5.92 Å². The third-order valence-corrected chi connectivity index (χ3v) is 3.34. The quantitative estimate of drug-likeness (QED) is 0.795.